The van der Waals surface area contributed by atoms with Gasteiger partial charge in [0.15, 0.2) is 0 Å². The van der Waals surface area contributed by atoms with Gasteiger partial charge in [0.1, 0.15) is 11.6 Å². The lowest BCUT2D eigenvalue weighted by Crippen LogP contribution is -2.35. The largest absolute Gasteiger partial charge is 0.392 e. The highest BCUT2D eigenvalue weighted by molar-refractivity contribution is 5.84. The highest BCUT2D eigenvalue weighted by atomic mass is 16.3. The van der Waals surface area contributed by atoms with E-state index in [1.807, 2.05) is 24.4 Å². The summed E-state index contributed by atoms with van der Waals surface area (Å²) in [5.41, 5.74) is 5.37. The van der Waals surface area contributed by atoms with Crippen LogP contribution in [-0.4, -0.2) is 44.4 Å². The minimum atomic E-state index is -0.442. The van der Waals surface area contributed by atoms with Gasteiger partial charge >= 0.3 is 0 Å². The number of ketones is 1. The van der Waals surface area contributed by atoms with E-state index in [9.17, 15) is 9.90 Å². The minimum absolute atomic E-state index is 0.212. The molecule has 2 atom stereocenters. The zero-order chi connectivity index (χ0) is 20.5. The number of carbonyl (C=O) groups excluding carboxylic acids is 1. The Hall–Kier alpha value is -2.89. The van der Waals surface area contributed by atoms with Crippen molar-refractivity contribution >= 4 is 5.78 Å². The predicted octanol–water partition coefficient (Wildman–Crippen LogP) is 3.18. The zero-order valence-corrected chi connectivity index (χ0v) is 16.9. The molecule has 5 rings (SSSR count). The first kappa shape index (κ1) is 19.1. The van der Waals surface area contributed by atoms with E-state index in [-0.39, 0.29) is 11.8 Å². The number of rotatable bonds is 0. The van der Waals surface area contributed by atoms with Crippen molar-refractivity contribution in [2.75, 3.05) is 6.54 Å². The van der Waals surface area contributed by atoms with E-state index in [1.54, 1.807) is 0 Å². The molecule has 1 N–H and O–H groups in total. The fourth-order valence-corrected chi connectivity index (χ4v) is 4.61. The van der Waals surface area contributed by atoms with Crippen molar-refractivity contribution in [2.45, 2.75) is 44.4 Å². The highest BCUT2D eigenvalue weighted by Gasteiger charge is 2.35. The maximum Gasteiger partial charge on any atom is 0.150 e. The quantitative estimate of drug-likeness (QED) is 0.629. The molecule has 0 aliphatic carbocycles. The van der Waals surface area contributed by atoms with Crippen LogP contribution >= 0.6 is 0 Å². The molecule has 5 heteroatoms. The number of hydrogen-bond acceptors (Lipinski definition) is 5. The molecule has 3 aromatic rings. The van der Waals surface area contributed by atoms with Crippen molar-refractivity contribution in [1.29, 1.82) is 0 Å². The van der Waals surface area contributed by atoms with Crippen molar-refractivity contribution in [3.63, 3.8) is 0 Å². The third-order valence-corrected chi connectivity index (χ3v) is 6.08. The molecule has 0 amide bonds. The summed E-state index contributed by atoms with van der Waals surface area (Å²) in [7, 11) is 0. The Morgan fingerprint density at radius 3 is 2.73 bits per heavy atom. The number of benzene rings is 2. The minimum Gasteiger partial charge on any atom is -0.392 e. The van der Waals surface area contributed by atoms with Crippen molar-refractivity contribution in [1.82, 2.24) is 14.9 Å². The van der Waals surface area contributed by atoms with Gasteiger partial charge in [-0.1, -0.05) is 42.5 Å². The Kier molecular flexibility index (Phi) is 5.15. The van der Waals surface area contributed by atoms with Gasteiger partial charge in [-0.05, 0) is 41.7 Å². The zero-order valence-electron chi connectivity index (χ0n) is 16.9. The summed E-state index contributed by atoms with van der Waals surface area (Å²) in [4.78, 5) is 24.4. The van der Waals surface area contributed by atoms with Crippen LogP contribution in [0, 0.1) is 0 Å². The summed E-state index contributed by atoms with van der Waals surface area (Å²) in [6.45, 7) is 1.21. The predicted molar refractivity (Wildman–Crippen MR) is 115 cm³/mol. The molecule has 3 heterocycles. The Morgan fingerprint density at radius 2 is 1.80 bits per heavy atom. The first-order chi connectivity index (χ1) is 14.6. The number of carbonyl (C=O) groups is 1. The lowest BCUT2D eigenvalue weighted by atomic mass is 9.99. The maximum absolute atomic E-state index is 13.0. The van der Waals surface area contributed by atoms with Crippen LogP contribution in [0.1, 0.15) is 35.4 Å². The van der Waals surface area contributed by atoms with Gasteiger partial charge in [-0.15, -0.1) is 0 Å². The third-order valence-electron chi connectivity index (χ3n) is 6.08. The summed E-state index contributed by atoms with van der Waals surface area (Å²) < 4.78 is 0. The van der Waals surface area contributed by atoms with Crippen molar-refractivity contribution in [3.05, 3.63) is 83.3 Å². The second kappa shape index (κ2) is 8.09. The summed E-state index contributed by atoms with van der Waals surface area (Å²) in [6, 6.07) is 18.4. The molecule has 152 valence electrons. The van der Waals surface area contributed by atoms with Gasteiger partial charge in [-0.3, -0.25) is 9.69 Å². The van der Waals surface area contributed by atoms with E-state index in [2.05, 4.69) is 46.3 Å². The van der Waals surface area contributed by atoms with Gasteiger partial charge in [-0.25, -0.2) is 9.97 Å². The van der Waals surface area contributed by atoms with Crippen LogP contribution in [0.15, 0.2) is 60.8 Å². The van der Waals surface area contributed by atoms with Crippen LogP contribution in [0.5, 0.6) is 0 Å². The van der Waals surface area contributed by atoms with Gasteiger partial charge in [0.05, 0.1) is 17.8 Å². The molecule has 1 aromatic heterocycles. The number of aromatic nitrogens is 2. The molecular weight excluding hydrogens is 374 g/mol. The van der Waals surface area contributed by atoms with Crippen molar-refractivity contribution < 1.29 is 9.90 Å². The second-order valence-corrected chi connectivity index (χ2v) is 8.36. The standard InChI is InChI=1S/C25H25N3O2/c29-21-14-23-24(30)8-7-17-3-2-6-20(12-17)22-9-10-26-25(27-22)13-18-4-1-5-19(11-18)15-28(23)16-21/h1-6,9-12,21,23,29H,7-8,13-16H2/t21-,23+/m0/s1. The first-order valence-electron chi connectivity index (χ1n) is 10.6. The van der Waals surface area contributed by atoms with Gasteiger partial charge in [0.2, 0.25) is 0 Å². The molecule has 2 aliphatic heterocycles. The molecule has 2 aliphatic rings. The Bertz CT molecular complexity index is 1080. The van der Waals surface area contributed by atoms with E-state index < -0.39 is 6.10 Å². The van der Waals surface area contributed by atoms with Crippen LogP contribution in [0.2, 0.25) is 0 Å². The molecule has 6 bridgehead atoms. The molecule has 1 fully saturated rings. The number of hydrogen-bond donors (Lipinski definition) is 1. The number of aliphatic hydroxyl groups is 1. The second-order valence-electron chi connectivity index (χ2n) is 8.36. The summed E-state index contributed by atoms with van der Waals surface area (Å²) in [5, 5.41) is 10.2. The molecule has 2 aromatic carbocycles. The fraction of sp³-hybridized carbons (Fsp3) is 0.320. The monoisotopic (exact) mass is 399 g/mol. The number of Topliss-reactive ketones (excluding diaryl/α,β-unsaturated/α-hetero) is 1. The maximum atomic E-state index is 13.0. The molecule has 0 saturated carbocycles. The van der Waals surface area contributed by atoms with Gasteiger partial charge in [0, 0.05) is 37.7 Å². The highest BCUT2D eigenvalue weighted by Crippen LogP contribution is 2.25. The van der Waals surface area contributed by atoms with E-state index in [1.165, 1.54) is 0 Å². The molecule has 0 unspecified atom stereocenters. The molecular formula is C25H25N3O2. The van der Waals surface area contributed by atoms with E-state index in [0.29, 0.717) is 38.8 Å². The average Bonchev–Trinajstić information content (AvgIpc) is 3.12. The molecule has 5 nitrogen and oxygen atoms in total. The summed E-state index contributed by atoms with van der Waals surface area (Å²) in [5.74, 6) is 1.01. The summed E-state index contributed by atoms with van der Waals surface area (Å²) >= 11 is 0. The van der Waals surface area contributed by atoms with E-state index in [0.717, 1.165) is 33.8 Å². The van der Waals surface area contributed by atoms with Gasteiger partial charge in [-0.2, -0.15) is 0 Å². The Morgan fingerprint density at radius 1 is 0.967 bits per heavy atom. The third kappa shape index (κ3) is 4.04. The lowest BCUT2D eigenvalue weighted by Gasteiger charge is -2.23. The smallest absolute Gasteiger partial charge is 0.150 e. The first-order valence-corrected chi connectivity index (χ1v) is 10.6. The number of fused-ring (bicyclic) bond motifs is 8. The van der Waals surface area contributed by atoms with Crippen molar-refractivity contribution in [3.8, 4) is 11.3 Å². The van der Waals surface area contributed by atoms with Crippen LogP contribution in [0.4, 0.5) is 0 Å². The number of nitrogens with zero attached hydrogens (tertiary/aromatic N) is 3. The number of aliphatic hydroxyl groups excluding tert-OH is 1. The molecule has 0 radical (unpaired) electrons. The average molecular weight is 399 g/mol. The SMILES string of the molecule is O=C1CCc2cccc(c2)-c2ccnc(n2)Cc2cccc(c2)CN2C[C@@H](O)C[C@H]12. The normalized spacial score (nSPS) is 22.0. The lowest BCUT2D eigenvalue weighted by molar-refractivity contribution is -0.123. The topological polar surface area (TPSA) is 66.3 Å². The molecule has 30 heavy (non-hydrogen) atoms. The van der Waals surface area contributed by atoms with Crippen molar-refractivity contribution in [2.24, 2.45) is 0 Å². The van der Waals surface area contributed by atoms with E-state index in [4.69, 9.17) is 4.98 Å². The number of aryl methyl sites for hydroxylation is 1. The van der Waals surface area contributed by atoms with Gasteiger partial charge in [0.25, 0.3) is 0 Å². The van der Waals surface area contributed by atoms with Crippen LogP contribution in [-0.2, 0) is 24.2 Å². The van der Waals surface area contributed by atoms with Crippen LogP contribution in [0.25, 0.3) is 11.3 Å². The molecule has 1 saturated heterocycles. The summed E-state index contributed by atoms with van der Waals surface area (Å²) in [6.07, 6.45) is 3.73. The fourth-order valence-electron chi connectivity index (χ4n) is 4.61. The van der Waals surface area contributed by atoms with E-state index >= 15 is 0 Å². The molecule has 0 spiro atoms. The van der Waals surface area contributed by atoms with Crippen LogP contribution in [0.3, 0.4) is 0 Å². The Balaban J connectivity index is 1.55. The Labute approximate surface area is 176 Å². The van der Waals surface area contributed by atoms with Crippen LogP contribution < -0.4 is 0 Å². The van der Waals surface area contributed by atoms with Gasteiger partial charge < -0.3 is 5.11 Å².